The summed E-state index contributed by atoms with van der Waals surface area (Å²) >= 11 is 0. The van der Waals surface area contributed by atoms with Crippen molar-refractivity contribution in [2.75, 3.05) is 44.3 Å². The van der Waals surface area contributed by atoms with E-state index in [2.05, 4.69) is 20.6 Å². The zero-order valence-electron chi connectivity index (χ0n) is 12.3. The average molecular weight is 421 g/mol. The van der Waals surface area contributed by atoms with Crippen molar-refractivity contribution in [3.63, 3.8) is 0 Å². The summed E-state index contributed by atoms with van der Waals surface area (Å²) in [5.74, 6) is 0.906. The van der Waals surface area contributed by atoms with E-state index in [4.69, 9.17) is 4.74 Å². The number of hydrogen-bond acceptors (Lipinski definition) is 6. The minimum absolute atomic E-state index is 0. The van der Waals surface area contributed by atoms with Crippen LogP contribution in [0.1, 0.15) is 12.0 Å². The number of aromatic nitrogens is 1. The van der Waals surface area contributed by atoms with Crippen LogP contribution >= 0.6 is 24.0 Å². The van der Waals surface area contributed by atoms with E-state index in [1.165, 1.54) is 6.07 Å². The van der Waals surface area contributed by atoms with Crippen LogP contribution in [0.15, 0.2) is 17.3 Å². The van der Waals surface area contributed by atoms with Crippen LogP contribution in [0.5, 0.6) is 0 Å². The average Bonchev–Trinajstić information content (AvgIpc) is 2.55. The lowest BCUT2D eigenvalue weighted by atomic mass is 10.2. The Morgan fingerprint density at radius 2 is 2.18 bits per heavy atom. The molecule has 3 heterocycles. The highest BCUT2D eigenvalue weighted by Gasteiger charge is 2.16. The molecule has 8 heteroatoms. The Labute approximate surface area is 146 Å². The van der Waals surface area contributed by atoms with Crippen molar-refractivity contribution in [1.29, 1.82) is 0 Å². The molecular weight excluding hydrogens is 400 g/mol. The van der Waals surface area contributed by atoms with Gasteiger partial charge >= 0.3 is 0 Å². The number of nitrogens with zero attached hydrogens (tertiary/aromatic N) is 3. The monoisotopic (exact) mass is 421 g/mol. The highest BCUT2D eigenvalue weighted by molar-refractivity contribution is 14.0. The smallest absolute Gasteiger partial charge is 0.191 e. The largest absolute Gasteiger partial charge is 0.378 e. The van der Waals surface area contributed by atoms with Crippen molar-refractivity contribution in [2.24, 2.45) is 4.99 Å². The lowest BCUT2D eigenvalue weighted by molar-refractivity contribution is 0.122. The van der Waals surface area contributed by atoms with Gasteiger partial charge in [0, 0.05) is 38.9 Å². The number of anilines is 1. The highest BCUT2D eigenvalue weighted by Crippen LogP contribution is 2.18. The highest BCUT2D eigenvalue weighted by atomic mass is 127. The zero-order valence-corrected chi connectivity index (χ0v) is 14.7. The maximum atomic E-state index is 14.2. The van der Waals surface area contributed by atoms with Crippen LogP contribution in [-0.2, 0) is 11.3 Å². The third-order valence-corrected chi connectivity index (χ3v) is 3.55. The first kappa shape index (κ1) is 17.2. The zero-order chi connectivity index (χ0) is 14.5. The summed E-state index contributed by atoms with van der Waals surface area (Å²) in [4.78, 5) is 10.5. The van der Waals surface area contributed by atoms with E-state index in [9.17, 15) is 4.39 Å². The summed E-state index contributed by atoms with van der Waals surface area (Å²) in [5.41, 5.74) is 0.805. The predicted molar refractivity (Wildman–Crippen MR) is 94.4 cm³/mol. The summed E-state index contributed by atoms with van der Waals surface area (Å²) < 4.78 is 19.5. The Balaban J connectivity index is 0.00000176. The first-order valence-electron chi connectivity index (χ1n) is 7.32. The van der Waals surface area contributed by atoms with Crippen LogP contribution in [0.4, 0.5) is 10.2 Å². The third kappa shape index (κ3) is 4.42. The Morgan fingerprint density at radius 1 is 1.36 bits per heavy atom. The van der Waals surface area contributed by atoms with Crippen molar-refractivity contribution in [3.05, 3.63) is 23.6 Å². The fourth-order valence-electron chi connectivity index (χ4n) is 2.41. The maximum Gasteiger partial charge on any atom is 0.191 e. The topological polar surface area (TPSA) is 61.8 Å². The van der Waals surface area contributed by atoms with Crippen molar-refractivity contribution < 1.29 is 9.13 Å². The molecule has 6 nitrogen and oxygen atoms in total. The lowest BCUT2D eigenvalue weighted by Crippen LogP contribution is -2.40. The molecule has 2 aliphatic heterocycles. The number of ether oxygens (including phenoxy) is 1. The van der Waals surface area contributed by atoms with Crippen molar-refractivity contribution in [3.8, 4) is 0 Å². The summed E-state index contributed by atoms with van der Waals surface area (Å²) in [6.45, 7) is 4.88. The van der Waals surface area contributed by atoms with Crippen LogP contribution in [0.2, 0.25) is 0 Å². The summed E-state index contributed by atoms with van der Waals surface area (Å²) in [6.07, 6.45) is 2.76. The maximum absolute atomic E-state index is 14.2. The fraction of sp³-hybridized carbons (Fsp3) is 0.571. The van der Waals surface area contributed by atoms with Crippen LogP contribution < -0.4 is 15.5 Å². The van der Waals surface area contributed by atoms with Gasteiger partial charge in [0.1, 0.15) is 0 Å². The van der Waals surface area contributed by atoms with Crippen molar-refractivity contribution in [1.82, 2.24) is 15.6 Å². The molecule has 2 N–H and O–H groups in total. The molecule has 1 saturated heterocycles. The van der Waals surface area contributed by atoms with Crippen LogP contribution in [0.25, 0.3) is 0 Å². The molecule has 0 bridgehead atoms. The first-order valence-corrected chi connectivity index (χ1v) is 7.32. The summed E-state index contributed by atoms with van der Waals surface area (Å²) in [6, 6.07) is 1.54. The molecule has 0 saturated carbocycles. The molecule has 1 aromatic rings. The molecule has 0 amide bonds. The second-order valence-electron chi connectivity index (χ2n) is 5.11. The first-order chi connectivity index (χ1) is 10.3. The minimum atomic E-state index is -0.283. The Hall–Kier alpha value is -1.16. The van der Waals surface area contributed by atoms with Gasteiger partial charge in [-0.3, -0.25) is 4.99 Å². The number of guanidine groups is 1. The number of rotatable bonds is 3. The SMILES string of the molecule is Fc1cc(CNC2=NCCCN2)cnc1N1CCOCC1.I. The second kappa shape index (κ2) is 8.47. The van der Waals surface area contributed by atoms with E-state index in [1.54, 1.807) is 6.20 Å². The number of nitrogens with one attached hydrogen (secondary N) is 2. The van der Waals surface area contributed by atoms with E-state index in [-0.39, 0.29) is 29.8 Å². The Kier molecular flexibility index (Phi) is 6.62. The molecule has 0 aliphatic carbocycles. The van der Waals surface area contributed by atoms with E-state index in [0.717, 1.165) is 31.0 Å². The van der Waals surface area contributed by atoms with E-state index >= 15 is 0 Å². The van der Waals surface area contributed by atoms with Gasteiger partial charge in [-0.25, -0.2) is 9.37 Å². The van der Waals surface area contributed by atoms with Gasteiger partial charge in [0.15, 0.2) is 17.6 Å². The number of halogens is 2. The van der Waals surface area contributed by atoms with Gasteiger partial charge in [-0.05, 0) is 18.1 Å². The van der Waals surface area contributed by atoms with Gasteiger partial charge in [-0.2, -0.15) is 0 Å². The molecule has 0 atom stereocenters. The molecule has 0 unspecified atom stereocenters. The molecular formula is C14H21FIN5O. The molecule has 22 heavy (non-hydrogen) atoms. The number of aliphatic imine (C=N–C) groups is 1. The third-order valence-electron chi connectivity index (χ3n) is 3.55. The standard InChI is InChI=1S/C14H20FN5O.HI/c15-12-8-11(10-19-14-16-2-1-3-17-14)9-18-13(12)20-4-6-21-7-5-20;/h8-9H,1-7,10H2,(H2,16,17,19);1H. The van der Waals surface area contributed by atoms with Gasteiger partial charge in [0.05, 0.1) is 13.2 Å². The second-order valence-corrected chi connectivity index (χ2v) is 5.11. The van der Waals surface area contributed by atoms with Crippen LogP contribution in [0, 0.1) is 5.82 Å². The van der Waals surface area contributed by atoms with Gasteiger partial charge < -0.3 is 20.3 Å². The van der Waals surface area contributed by atoms with Gasteiger partial charge in [-0.1, -0.05) is 0 Å². The minimum Gasteiger partial charge on any atom is -0.378 e. The molecule has 1 aromatic heterocycles. The van der Waals surface area contributed by atoms with Gasteiger partial charge in [0.2, 0.25) is 0 Å². The molecule has 0 aromatic carbocycles. The quantitative estimate of drug-likeness (QED) is 0.717. The van der Waals surface area contributed by atoms with E-state index < -0.39 is 0 Å². The molecule has 1 fully saturated rings. The summed E-state index contributed by atoms with van der Waals surface area (Å²) in [5, 5.41) is 6.33. The molecule has 2 aliphatic rings. The van der Waals surface area contributed by atoms with Crippen molar-refractivity contribution in [2.45, 2.75) is 13.0 Å². The van der Waals surface area contributed by atoms with Gasteiger partial charge in [-0.15, -0.1) is 24.0 Å². The molecule has 3 rings (SSSR count). The van der Waals surface area contributed by atoms with Crippen LogP contribution in [-0.4, -0.2) is 50.3 Å². The molecule has 0 radical (unpaired) electrons. The predicted octanol–water partition coefficient (Wildman–Crippen LogP) is 1.11. The number of pyridine rings is 1. The molecule has 0 spiro atoms. The van der Waals surface area contributed by atoms with E-state index in [1.807, 2.05) is 4.90 Å². The van der Waals surface area contributed by atoms with E-state index in [0.29, 0.717) is 38.7 Å². The Bertz CT molecular complexity index is 522. The number of hydrogen-bond donors (Lipinski definition) is 2. The van der Waals surface area contributed by atoms with Crippen LogP contribution in [0.3, 0.4) is 0 Å². The normalized spacial score (nSPS) is 18.0. The Morgan fingerprint density at radius 3 is 2.86 bits per heavy atom. The number of morpholine rings is 1. The lowest BCUT2D eigenvalue weighted by Gasteiger charge is -2.28. The fourth-order valence-corrected chi connectivity index (χ4v) is 2.41. The molecule has 122 valence electrons. The summed E-state index contributed by atoms with van der Waals surface area (Å²) in [7, 11) is 0. The van der Waals surface area contributed by atoms with Crippen molar-refractivity contribution >= 4 is 35.8 Å². The van der Waals surface area contributed by atoms with Gasteiger partial charge in [0.25, 0.3) is 0 Å².